The topological polar surface area (TPSA) is 29.1 Å². The molecule has 0 bridgehead atoms. The highest BCUT2D eigenvalue weighted by Gasteiger charge is 2.08. The van der Waals surface area contributed by atoms with Crippen molar-refractivity contribution >= 4 is 39.1 Å². The maximum atomic E-state index is 12.0. The average Bonchev–Trinajstić information content (AvgIpc) is 2.36. The number of benzene rings is 2. The highest BCUT2D eigenvalue weighted by Crippen LogP contribution is 2.26. The quantitative estimate of drug-likeness (QED) is 0.871. The minimum Gasteiger partial charge on any atom is -0.325 e. The summed E-state index contributed by atoms with van der Waals surface area (Å²) >= 11 is 9.24. The Kier molecular flexibility index (Phi) is 4.61. The zero-order valence-corrected chi connectivity index (χ0v) is 12.8. The van der Waals surface area contributed by atoms with Crippen molar-refractivity contribution in [3.8, 4) is 0 Å². The van der Waals surface area contributed by atoms with Crippen molar-refractivity contribution in [2.24, 2.45) is 0 Å². The molecule has 0 aliphatic heterocycles. The van der Waals surface area contributed by atoms with Gasteiger partial charge in [0.2, 0.25) is 5.91 Å². The van der Waals surface area contributed by atoms with E-state index in [0.29, 0.717) is 11.4 Å². The van der Waals surface area contributed by atoms with Crippen molar-refractivity contribution in [3.63, 3.8) is 0 Å². The SMILES string of the molecule is Cc1ccccc1CC(=O)Nc1ccc(Cl)cc1Br. The lowest BCUT2D eigenvalue weighted by molar-refractivity contribution is -0.115. The fourth-order valence-corrected chi connectivity index (χ4v) is 2.55. The summed E-state index contributed by atoms with van der Waals surface area (Å²) in [7, 11) is 0. The lowest BCUT2D eigenvalue weighted by atomic mass is 10.1. The van der Waals surface area contributed by atoms with E-state index in [-0.39, 0.29) is 5.91 Å². The van der Waals surface area contributed by atoms with Gasteiger partial charge in [-0.3, -0.25) is 4.79 Å². The molecule has 2 rings (SSSR count). The summed E-state index contributed by atoms with van der Waals surface area (Å²) in [6.45, 7) is 2.00. The first-order valence-corrected chi connectivity index (χ1v) is 7.03. The predicted molar refractivity (Wildman–Crippen MR) is 82.7 cm³/mol. The molecular weight excluding hydrogens is 326 g/mol. The Labute approximate surface area is 125 Å². The molecule has 0 aromatic heterocycles. The number of rotatable bonds is 3. The fraction of sp³-hybridized carbons (Fsp3) is 0.133. The van der Waals surface area contributed by atoms with E-state index in [9.17, 15) is 4.79 Å². The van der Waals surface area contributed by atoms with E-state index in [1.165, 1.54) is 0 Å². The Morgan fingerprint density at radius 1 is 1.26 bits per heavy atom. The molecule has 0 saturated heterocycles. The standard InChI is InChI=1S/C15H13BrClNO/c1-10-4-2-3-5-11(10)8-15(19)18-14-7-6-12(17)9-13(14)16/h2-7,9H,8H2,1H3,(H,18,19). The normalized spacial score (nSPS) is 10.3. The first kappa shape index (κ1) is 14.1. The van der Waals surface area contributed by atoms with E-state index >= 15 is 0 Å². The molecule has 2 nitrogen and oxygen atoms in total. The second-order valence-corrected chi connectivity index (χ2v) is 5.57. The number of anilines is 1. The molecule has 0 fully saturated rings. The third-order valence-corrected chi connectivity index (χ3v) is 3.71. The van der Waals surface area contributed by atoms with Crippen LogP contribution in [-0.2, 0) is 11.2 Å². The van der Waals surface area contributed by atoms with Crippen molar-refractivity contribution < 1.29 is 4.79 Å². The van der Waals surface area contributed by atoms with Gasteiger partial charge in [0.25, 0.3) is 0 Å². The van der Waals surface area contributed by atoms with Crippen LogP contribution < -0.4 is 5.32 Å². The van der Waals surface area contributed by atoms with Gasteiger partial charge in [-0.2, -0.15) is 0 Å². The molecule has 98 valence electrons. The van der Waals surface area contributed by atoms with Crippen LogP contribution in [0.25, 0.3) is 0 Å². The van der Waals surface area contributed by atoms with Crippen molar-refractivity contribution in [1.29, 1.82) is 0 Å². The highest BCUT2D eigenvalue weighted by molar-refractivity contribution is 9.10. The molecule has 0 radical (unpaired) electrons. The van der Waals surface area contributed by atoms with E-state index < -0.39 is 0 Å². The second-order valence-electron chi connectivity index (χ2n) is 4.28. The zero-order valence-electron chi connectivity index (χ0n) is 10.4. The van der Waals surface area contributed by atoms with Crippen LogP contribution >= 0.6 is 27.5 Å². The van der Waals surface area contributed by atoms with Gasteiger partial charge in [-0.15, -0.1) is 0 Å². The van der Waals surface area contributed by atoms with Crippen molar-refractivity contribution in [2.75, 3.05) is 5.32 Å². The minimum atomic E-state index is -0.0441. The monoisotopic (exact) mass is 337 g/mol. The summed E-state index contributed by atoms with van der Waals surface area (Å²) in [5, 5.41) is 3.50. The highest BCUT2D eigenvalue weighted by atomic mass is 79.9. The molecule has 0 unspecified atom stereocenters. The molecule has 0 spiro atoms. The molecule has 0 saturated carbocycles. The molecule has 1 N–H and O–H groups in total. The average molecular weight is 339 g/mol. The van der Waals surface area contributed by atoms with Crippen LogP contribution in [0.1, 0.15) is 11.1 Å². The van der Waals surface area contributed by atoms with Gasteiger partial charge in [-0.1, -0.05) is 35.9 Å². The summed E-state index contributed by atoms with van der Waals surface area (Å²) in [5.74, 6) is -0.0441. The van der Waals surface area contributed by atoms with E-state index in [1.54, 1.807) is 18.2 Å². The Bertz CT molecular complexity index is 613. The summed E-state index contributed by atoms with van der Waals surface area (Å²) in [5.41, 5.74) is 2.88. The molecule has 0 heterocycles. The summed E-state index contributed by atoms with van der Waals surface area (Å²) in [4.78, 5) is 12.0. The van der Waals surface area contributed by atoms with Gasteiger partial charge in [-0.05, 0) is 52.2 Å². The van der Waals surface area contributed by atoms with E-state index in [0.717, 1.165) is 21.3 Å². The Morgan fingerprint density at radius 2 is 2.00 bits per heavy atom. The number of hydrogen-bond donors (Lipinski definition) is 1. The molecule has 2 aromatic carbocycles. The van der Waals surface area contributed by atoms with Gasteiger partial charge >= 0.3 is 0 Å². The number of amides is 1. The Hall–Kier alpha value is -1.32. The smallest absolute Gasteiger partial charge is 0.228 e. The largest absolute Gasteiger partial charge is 0.325 e. The van der Waals surface area contributed by atoms with E-state index in [2.05, 4.69) is 21.2 Å². The maximum absolute atomic E-state index is 12.0. The first-order chi connectivity index (χ1) is 9.06. The molecule has 2 aromatic rings. The number of carbonyl (C=O) groups is 1. The van der Waals surface area contributed by atoms with Crippen molar-refractivity contribution in [2.45, 2.75) is 13.3 Å². The number of halogens is 2. The van der Waals surface area contributed by atoms with Crippen LogP contribution in [0.3, 0.4) is 0 Å². The summed E-state index contributed by atoms with van der Waals surface area (Å²) < 4.78 is 0.776. The van der Waals surface area contributed by atoms with Gasteiger partial charge in [0.05, 0.1) is 12.1 Å². The summed E-state index contributed by atoms with van der Waals surface area (Å²) in [6.07, 6.45) is 0.363. The van der Waals surface area contributed by atoms with Crippen LogP contribution in [0.5, 0.6) is 0 Å². The van der Waals surface area contributed by atoms with Gasteiger partial charge in [0.15, 0.2) is 0 Å². The molecule has 1 amide bonds. The second kappa shape index (κ2) is 6.22. The minimum absolute atomic E-state index is 0.0441. The Balaban J connectivity index is 2.08. The number of aryl methyl sites for hydroxylation is 1. The lowest BCUT2D eigenvalue weighted by Crippen LogP contribution is -2.15. The lowest BCUT2D eigenvalue weighted by Gasteiger charge is -2.09. The number of hydrogen-bond acceptors (Lipinski definition) is 1. The van der Waals surface area contributed by atoms with E-state index in [1.807, 2.05) is 31.2 Å². The fourth-order valence-electron chi connectivity index (χ4n) is 1.77. The van der Waals surface area contributed by atoms with Crippen molar-refractivity contribution in [1.82, 2.24) is 0 Å². The first-order valence-electron chi connectivity index (χ1n) is 5.85. The maximum Gasteiger partial charge on any atom is 0.228 e. The van der Waals surface area contributed by atoms with Gasteiger partial charge in [0, 0.05) is 9.50 Å². The number of nitrogens with one attached hydrogen (secondary N) is 1. The van der Waals surface area contributed by atoms with Crippen LogP contribution in [0, 0.1) is 6.92 Å². The molecule has 4 heteroatoms. The van der Waals surface area contributed by atoms with Crippen LogP contribution in [-0.4, -0.2) is 5.91 Å². The van der Waals surface area contributed by atoms with E-state index in [4.69, 9.17) is 11.6 Å². The Morgan fingerprint density at radius 3 is 2.68 bits per heavy atom. The van der Waals surface area contributed by atoms with Crippen LogP contribution in [0.2, 0.25) is 5.02 Å². The molecule has 0 atom stereocenters. The van der Waals surface area contributed by atoms with Crippen molar-refractivity contribution in [3.05, 3.63) is 63.1 Å². The molecular formula is C15H13BrClNO. The summed E-state index contributed by atoms with van der Waals surface area (Å²) in [6, 6.07) is 13.1. The zero-order chi connectivity index (χ0) is 13.8. The van der Waals surface area contributed by atoms with Crippen LogP contribution in [0.15, 0.2) is 46.9 Å². The molecule has 0 aliphatic rings. The van der Waals surface area contributed by atoms with Gasteiger partial charge in [0.1, 0.15) is 0 Å². The third-order valence-electron chi connectivity index (χ3n) is 2.82. The predicted octanol–water partition coefficient (Wildman–Crippen LogP) is 4.59. The third kappa shape index (κ3) is 3.82. The molecule has 0 aliphatic carbocycles. The number of carbonyl (C=O) groups excluding carboxylic acids is 1. The van der Waals surface area contributed by atoms with Gasteiger partial charge < -0.3 is 5.32 Å². The van der Waals surface area contributed by atoms with Gasteiger partial charge in [-0.25, -0.2) is 0 Å². The molecule has 19 heavy (non-hydrogen) atoms. The van der Waals surface area contributed by atoms with Crippen LogP contribution in [0.4, 0.5) is 5.69 Å².